The van der Waals surface area contributed by atoms with E-state index < -0.39 is 0 Å². The predicted octanol–water partition coefficient (Wildman–Crippen LogP) is 2.90. The van der Waals surface area contributed by atoms with Crippen molar-refractivity contribution in [1.82, 2.24) is 4.90 Å². The lowest BCUT2D eigenvalue weighted by Crippen LogP contribution is -2.29. The molecule has 1 saturated heterocycles. The number of hydrogen-bond donors (Lipinski definition) is 1. The van der Waals surface area contributed by atoms with Crippen LogP contribution in [-0.2, 0) is 6.61 Å². The van der Waals surface area contributed by atoms with Crippen LogP contribution in [0.2, 0.25) is 0 Å². The summed E-state index contributed by atoms with van der Waals surface area (Å²) < 4.78 is 11.5. The number of aryl methyl sites for hydroxylation is 2. The largest absolute Gasteiger partial charge is 0.485 e. The van der Waals surface area contributed by atoms with Crippen LogP contribution in [0, 0.1) is 19.8 Å². The van der Waals surface area contributed by atoms with Crippen molar-refractivity contribution < 1.29 is 13.9 Å². The zero-order valence-electron chi connectivity index (χ0n) is 14.2. The standard InChI is InChI=1S/C19H24N2O3/c1-13-3-5-17(14(2)9-13)23-12-16-4-6-18(24-16)19(22)21-8-7-15(10-20)11-21/h3-6,9,15H,7-8,10-12,20H2,1-2H3. The van der Waals surface area contributed by atoms with Gasteiger partial charge in [-0.2, -0.15) is 0 Å². The second-order valence-corrected chi connectivity index (χ2v) is 6.47. The van der Waals surface area contributed by atoms with Gasteiger partial charge >= 0.3 is 0 Å². The maximum absolute atomic E-state index is 12.4. The van der Waals surface area contributed by atoms with Crippen molar-refractivity contribution in [2.24, 2.45) is 11.7 Å². The number of benzene rings is 1. The number of likely N-dealkylation sites (tertiary alicyclic amines) is 1. The summed E-state index contributed by atoms with van der Waals surface area (Å²) >= 11 is 0. The van der Waals surface area contributed by atoms with Crippen LogP contribution >= 0.6 is 0 Å². The first-order chi connectivity index (χ1) is 11.6. The highest BCUT2D eigenvalue weighted by atomic mass is 16.5. The van der Waals surface area contributed by atoms with E-state index in [1.807, 2.05) is 24.0 Å². The van der Waals surface area contributed by atoms with Gasteiger partial charge in [-0.05, 0) is 56.5 Å². The average molecular weight is 328 g/mol. The third-order valence-electron chi connectivity index (χ3n) is 4.48. The van der Waals surface area contributed by atoms with Crippen molar-refractivity contribution in [3.8, 4) is 5.75 Å². The average Bonchev–Trinajstić information content (AvgIpc) is 3.23. The van der Waals surface area contributed by atoms with Gasteiger partial charge in [-0.1, -0.05) is 17.7 Å². The fourth-order valence-corrected chi connectivity index (χ4v) is 3.05. The van der Waals surface area contributed by atoms with Gasteiger partial charge in [0.15, 0.2) is 5.76 Å². The summed E-state index contributed by atoms with van der Waals surface area (Å²) in [7, 11) is 0. The Labute approximate surface area is 142 Å². The Kier molecular flexibility index (Phi) is 4.90. The molecule has 2 heterocycles. The van der Waals surface area contributed by atoms with Gasteiger partial charge < -0.3 is 19.8 Å². The molecule has 5 nitrogen and oxygen atoms in total. The molecule has 2 N–H and O–H groups in total. The van der Waals surface area contributed by atoms with Crippen LogP contribution in [0.15, 0.2) is 34.7 Å². The van der Waals surface area contributed by atoms with Crippen molar-refractivity contribution in [1.29, 1.82) is 0 Å². The molecule has 1 aliphatic heterocycles. The van der Waals surface area contributed by atoms with E-state index >= 15 is 0 Å². The first-order valence-corrected chi connectivity index (χ1v) is 8.35. The van der Waals surface area contributed by atoms with Crippen molar-refractivity contribution in [2.75, 3.05) is 19.6 Å². The van der Waals surface area contributed by atoms with Crippen LogP contribution in [0.25, 0.3) is 0 Å². The lowest BCUT2D eigenvalue weighted by Gasteiger charge is -2.14. The molecular weight excluding hydrogens is 304 g/mol. The summed E-state index contributed by atoms with van der Waals surface area (Å²) in [6.45, 7) is 6.45. The van der Waals surface area contributed by atoms with Gasteiger partial charge in [-0.3, -0.25) is 4.79 Å². The minimum absolute atomic E-state index is 0.0660. The highest BCUT2D eigenvalue weighted by Crippen LogP contribution is 2.22. The quantitative estimate of drug-likeness (QED) is 0.916. The van der Waals surface area contributed by atoms with E-state index in [-0.39, 0.29) is 5.91 Å². The van der Waals surface area contributed by atoms with Gasteiger partial charge in [0.2, 0.25) is 0 Å². The number of carbonyl (C=O) groups excluding carboxylic acids is 1. The molecule has 1 aliphatic rings. The molecule has 128 valence electrons. The Morgan fingerprint density at radius 1 is 1.33 bits per heavy atom. The summed E-state index contributed by atoms with van der Waals surface area (Å²) in [6, 6.07) is 9.57. The second kappa shape index (κ2) is 7.09. The summed E-state index contributed by atoms with van der Waals surface area (Å²) in [4.78, 5) is 14.2. The minimum Gasteiger partial charge on any atom is -0.485 e. The first-order valence-electron chi connectivity index (χ1n) is 8.35. The minimum atomic E-state index is -0.0660. The smallest absolute Gasteiger partial charge is 0.289 e. The zero-order valence-corrected chi connectivity index (χ0v) is 14.2. The maximum Gasteiger partial charge on any atom is 0.289 e. The Morgan fingerprint density at radius 2 is 2.17 bits per heavy atom. The molecule has 1 aromatic heterocycles. The van der Waals surface area contributed by atoms with E-state index in [1.165, 1.54) is 5.56 Å². The third-order valence-corrected chi connectivity index (χ3v) is 4.48. The van der Waals surface area contributed by atoms with Gasteiger partial charge in [0, 0.05) is 13.1 Å². The van der Waals surface area contributed by atoms with Gasteiger partial charge in [-0.25, -0.2) is 0 Å². The summed E-state index contributed by atoms with van der Waals surface area (Å²) in [5.41, 5.74) is 7.96. The van der Waals surface area contributed by atoms with Crippen LogP contribution in [0.3, 0.4) is 0 Å². The molecule has 1 amide bonds. The Balaban J connectivity index is 1.60. The molecule has 1 atom stereocenters. The van der Waals surface area contributed by atoms with E-state index in [4.69, 9.17) is 14.9 Å². The Hall–Kier alpha value is -2.27. The highest BCUT2D eigenvalue weighted by Gasteiger charge is 2.27. The van der Waals surface area contributed by atoms with Crippen molar-refractivity contribution in [3.05, 3.63) is 53.0 Å². The molecule has 1 unspecified atom stereocenters. The number of carbonyl (C=O) groups is 1. The number of rotatable bonds is 5. The van der Waals surface area contributed by atoms with Gasteiger partial charge in [0.05, 0.1) is 0 Å². The number of hydrogen-bond acceptors (Lipinski definition) is 4. The zero-order chi connectivity index (χ0) is 17.1. The summed E-state index contributed by atoms with van der Waals surface area (Å²) in [5.74, 6) is 2.18. The molecular formula is C19H24N2O3. The molecule has 0 aliphatic carbocycles. The fourth-order valence-electron chi connectivity index (χ4n) is 3.05. The number of nitrogens with zero attached hydrogens (tertiary/aromatic N) is 1. The van der Waals surface area contributed by atoms with Gasteiger partial charge in [0.25, 0.3) is 5.91 Å². The van der Waals surface area contributed by atoms with Crippen LogP contribution < -0.4 is 10.5 Å². The van der Waals surface area contributed by atoms with Crippen molar-refractivity contribution in [3.63, 3.8) is 0 Å². The number of nitrogens with two attached hydrogens (primary N) is 1. The normalized spacial score (nSPS) is 17.3. The Bertz CT molecular complexity index is 723. The number of ether oxygens (including phenoxy) is 1. The number of furan rings is 1. The van der Waals surface area contributed by atoms with Crippen LogP contribution in [0.1, 0.15) is 33.9 Å². The first kappa shape index (κ1) is 16.6. The lowest BCUT2D eigenvalue weighted by atomic mass is 10.1. The molecule has 1 aromatic carbocycles. The number of amides is 1. The molecule has 24 heavy (non-hydrogen) atoms. The molecule has 3 rings (SSSR count). The molecule has 1 fully saturated rings. The van der Waals surface area contributed by atoms with Crippen molar-refractivity contribution >= 4 is 5.91 Å². The predicted molar refractivity (Wildman–Crippen MR) is 92.0 cm³/mol. The fraction of sp³-hybridized carbons (Fsp3) is 0.421. The Morgan fingerprint density at radius 3 is 2.88 bits per heavy atom. The van der Waals surface area contributed by atoms with Gasteiger partial charge in [0.1, 0.15) is 18.1 Å². The molecule has 0 radical (unpaired) electrons. The van der Waals surface area contributed by atoms with E-state index in [1.54, 1.807) is 12.1 Å². The van der Waals surface area contributed by atoms with E-state index in [2.05, 4.69) is 13.0 Å². The van der Waals surface area contributed by atoms with E-state index in [0.717, 1.165) is 24.3 Å². The van der Waals surface area contributed by atoms with Gasteiger partial charge in [-0.15, -0.1) is 0 Å². The maximum atomic E-state index is 12.4. The molecule has 0 bridgehead atoms. The summed E-state index contributed by atoms with van der Waals surface area (Å²) in [5, 5.41) is 0. The second-order valence-electron chi connectivity index (χ2n) is 6.47. The van der Waals surface area contributed by atoms with E-state index in [9.17, 15) is 4.79 Å². The van der Waals surface area contributed by atoms with Crippen LogP contribution in [-0.4, -0.2) is 30.4 Å². The van der Waals surface area contributed by atoms with Crippen molar-refractivity contribution in [2.45, 2.75) is 26.9 Å². The molecule has 0 spiro atoms. The topological polar surface area (TPSA) is 68.7 Å². The molecule has 0 saturated carbocycles. The molecule has 2 aromatic rings. The third kappa shape index (κ3) is 3.62. The van der Waals surface area contributed by atoms with Crippen LogP contribution in [0.5, 0.6) is 5.75 Å². The summed E-state index contributed by atoms with van der Waals surface area (Å²) in [6.07, 6.45) is 0.964. The highest BCUT2D eigenvalue weighted by molar-refractivity contribution is 5.91. The monoisotopic (exact) mass is 328 g/mol. The lowest BCUT2D eigenvalue weighted by molar-refractivity contribution is 0.0752. The SMILES string of the molecule is Cc1ccc(OCc2ccc(C(=O)N3CCC(CN)C3)o2)c(C)c1. The molecule has 5 heteroatoms. The van der Waals surface area contributed by atoms with E-state index in [0.29, 0.717) is 37.1 Å². The van der Waals surface area contributed by atoms with Crippen LogP contribution in [0.4, 0.5) is 0 Å².